The maximum absolute atomic E-state index is 13.2. The average Bonchev–Trinajstić information content (AvgIpc) is 2.99. The molecule has 0 atom stereocenters. The molecule has 0 spiro atoms. The number of halogens is 2. The summed E-state index contributed by atoms with van der Waals surface area (Å²) >= 11 is 12.3. The van der Waals surface area contributed by atoms with Gasteiger partial charge in [0.1, 0.15) is 11.5 Å². The van der Waals surface area contributed by atoms with E-state index in [-0.39, 0.29) is 22.7 Å². The van der Waals surface area contributed by atoms with Crippen molar-refractivity contribution >= 4 is 44.8 Å². The summed E-state index contributed by atoms with van der Waals surface area (Å²) < 4.78 is 34.8. The SMILES string of the molecule is CN1CCN(Cc2cccc(CNC(=O)c3cc(Cl)ccc3NS(=O)(=O)c3ccc(Oc4ccccc4Cl)cc3)c2)CC1. The molecule has 4 aromatic rings. The third-order valence-corrected chi connectivity index (χ3v) is 9.04. The van der Waals surface area contributed by atoms with Crippen LogP contribution in [0.5, 0.6) is 11.5 Å². The van der Waals surface area contributed by atoms with Gasteiger partial charge in [0, 0.05) is 44.3 Å². The number of rotatable bonds is 10. The van der Waals surface area contributed by atoms with Crippen LogP contribution in [-0.2, 0) is 23.1 Å². The molecule has 1 aliphatic heterocycles. The number of carbonyl (C=O) groups excluding carboxylic acids is 1. The van der Waals surface area contributed by atoms with Crippen LogP contribution in [0.2, 0.25) is 10.0 Å². The number of ether oxygens (including phenoxy) is 1. The Morgan fingerprint density at radius 2 is 1.58 bits per heavy atom. The van der Waals surface area contributed by atoms with Crippen molar-refractivity contribution in [1.82, 2.24) is 15.1 Å². The van der Waals surface area contributed by atoms with E-state index in [1.165, 1.54) is 48.0 Å². The van der Waals surface area contributed by atoms with Gasteiger partial charge in [0.25, 0.3) is 15.9 Å². The van der Waals surface area contributed by atoms with Gasteiger partial charge in [-0.05, 0) is 72.8 Å². The van der Waals surface area contributed by atoms with E-state index in [0.717, 1.165) is 38.3 Å². The average molecular weight is 640 g/mol. The number of amides is 1. The number of piperazine rings is 1. The van der Waals surface area contributed by atoms with E-state index in [1.807, 2.05) is 12.1 Å². The first-order chi connectivity index (χ1) is 20.7. The topological polar surface area (TPSA) is 91.0 Å². The molecule has 8 nitrogen and oxygen atoms in total. The minimum atomic E-state index is -4.03. The summed E-state index contributed by atoms with van der Waals surface area (Å²) in [4.78, 5) is 18.0. The summed E-state index contributed by atoms with van der Waals surface area (Å²) in [5.41, 5.74) is 2.35. The Morgan fingerprint density at radius 3 is 2.33 bits per heavy atom. The molecule has 0 radical (unpaired) electrons. The van der Waals surface area contributed by atoms with Crippen molar-refractivity contribution in [2.45, 2.75) is 18.0 Å². The van der Waals surface area contributed by atoms with E-state index in [4.69, 9.17) is 27.9 Å². The van der Waals surface area contributed by atoms with Gasteiger partial charge >= 0.3 is 0 Å². The summed E-state index contributed by atoms with van der Waals surface area (Å²) in [5.74, 6) is 0.427. The summed E-state index contributed by atoms with van der Waals surface area (Å²) in [6.45, 7) is 5.26. The fraction of sp³-hybridized carbons (Fsp3) is 0.219. The summed E-state index contributed by atoms with van der Waals surface area (Å²) in [6.07, 6.45) is 0. The number of nitrogens with zero attached hydrogens (tertiary/aromatic N) is 2. The fourth-order valence-corrected chi connectivity index (χ4v) is 6.14. The molecule has 0 aromatic heterocycles. The molecular formula is C32H32Cl2N4O4S. The van der Waals surface area contributed by atoms with E-state index in [2.05, 4.69) is 39.0 Å². The molecule has 0 aliphatic carbocycles. The van der Waals surface area contributed by atoms with Crippen molar-refractivity contribution < 1.29 is 17.9 Å². The van der Waals surface area contributed by atoms with Crippen molar-refractivity contribution in [2.75, 3.05) is 37.9 Å². The van der Waals surface area contributed by atoms with Crippen molar-refractivity contribution in [2.24, 2.45) is 0 Å². The van der Waals surface area contributed by atoms with Crippen molar-refractivity contribution in [1.29, 1.82) is 0 Å². The highest BCUT2D eigenvalue weighted by Crippen LogP contribution is 2.30. The highest BCUT2D eigenvalue weighted by molar-refractivity contribution is 7.92. The van der Waals surface area contributed by atoms with E-state index in [1.54, 1.807) is 24.3 Å². The van der Waals surface area contributed by atoms with Crippen LogP contribution in [0.15, 0.2) is 95.9 Å². The lowest BCUT2D eigenvalue weighted by Crippen LogP contribution is -2.43. The van der Waals surface area contributed by atoms with Gasteiger partial charge < -0.3 is 15.0 Å². The second-order valence-corrected chi connectivity index (χ2v) is 12.9. The minimum Gasteiger partial charge on any atom is -0.456 e. The molecule has 43 heavy (non-hydrogen) atoms. The van der Waals surface area contributed by atoms with Crippen LogP contribution in [0.25, 0.3) is 0 Å². The second-order valence-electron chi connectivity index (χ2n) is 10.4. The Balaban J connectivity index is 1.24. The highest BCUT2D eigenvalue weighted by atomic mass is 35.5. The molecule has 2 N–H and O–H groups in total. The van der Waals surface area contributed by atoms with E-state index < -0.39 is 15.9 Å². The van der Waals surface area contributed by atoms with Crippen LogP contribution in [0.3, 0.4) is 0 Å². The quantitative estimate of drug-likeness (QED) is 0.213. The summed E-state index contributed by atoms with van der Waals surface area (Å²) in [6, 6.07) is 25.4. The third kappa shape index (κ3) is 8.28. The van der Waals surface area contributed by atoms with Gasteiger partial charge in [-0.1, -0.05) is 59.6 Å². The van der Waals surface area contributed by atoms with Crippen LogP contribution < -0.4 is 14.8 Å². The first-order valence-electron chi connectivity index (χ1n) is 13.8. The molecule has 0 bridgehead atoms. The predicted molar refractivity (Wildman–Crippen MR) is 171 cm³/mol. The van der Waals surface area contributed by atoms with E-state index in [0.29, 0.717) is 21.5 Å². The molecule has 1 heterocycles. The first-order valence-corrected chi connectivity index (χ1v) is 16.0. The van der Waals surface area contributed by atoms with Crippen molar-refractivity contribution in [3.8, 4) is 11.5 Å². The molecular weight excluding hydrogens is 607 g/mol. The Bertz CT molecular complexity index is 1690. The number of hydrogen-bond donors (Lipinski definition) is 2. The molecule has 0 unspecified atom stereocenters. The number of para-hydroxylation sites is 1. The Morgan fingerprint density at radius 1 is 0.860 bits per heavy atom. The fourth-order valence-electron chi connectivity index (χ4n) is 4.72. The number of sulfonamides is 1. The molecule has 1 saturated heterocycles. The Hall–Kier alpha value is -3.60. The molecule has 224 valence electrons. The number of likely N-dealkylation sites (N-methyl/N-ethyl adjacent to an activating group) is 1. The number of benzene rings is 4. The number of anilines is 1. The van der Waals surface area contributed by atoms with Crippen LogP contribution in [0, 0.1) is 0 Å². The monoisotopic (exact) mass is 638 g/mol. The molecule has 1 aliphatic rings. The molecule has 5 rings (SSSR count). The molecule has 4 aromatic carbocycles. The lowest BCUT2D eigenvalue weighted by molar-refractivity contribution is 0.0951. The zero-order chi connectivity index (χ0) is 30.4. The van der Waals surface area contributed by atoms with Crippen molar-refractivity contribution in [3.63, 3.8) is 0 Å². The first kappa shape index (κ1) is 30.8. The van der Waals surface area contributed by atoms with E-state index >= 15 is 0 Å². The Labute approximate surface area is 262 Å². The van der Waals surface area contributed by atoms with Gasteiger partial charge in [-0.25, -0.2) is 8.42 Å². The van der Waals surface area contributed by atoms with Gasteiger partial charge in [-0.3, -0.25) is 14.4 Å². The lowest BCUT2D eigenvalue weighted by atomic mass is 10.1. The predicted octanol–water partition coefficient (Wildman–Crippen LogP) is 6.26. The molecule has 1 amide bonds. The van der Waals surface area contributed by atoms with Crippen molar-refractivity contribution in [3.05, 3.63) is 118 Å². The molecule has 1 fully saturated rings. The van der Waals surface area contributed by atoms with Gasteiger partial charge in [-0.2, -0.15) is 0 Å². The normalized spacial score (nSPS) is 14.3. The van der Waals surface area contributed by atoms with Crippen LogP contribution >= 0.6 is 23.2 Å². The van der Waals surface area contributed by atoms with Gasteiger partial charge in [0.2, 0.25) is 0 Å². The second kappa shape index (κ2) is 13.8. The van der Waals surface area contributed by atoms with Crippen LogP contribution in [0.4, 0.5) is 5.69 Å². The standard InChI is InChI=1S/C32H32Cl2N4O4S/c1-37-15-17-38(18-16-37)22-24-6-4-5-23(19-24)21-35-32(39)28-20-25(33)9-14-30(28)36-43(40,41)27-12-10-26(11-13-27)42-31-8-3-2-7-29(31)34/h2-14,19-20,36H,15-18,21-22H2,1H3,(H,35,39). The van der Waals surface area contributed by atoms with Crippen LogP contribution in [0.1, 0.15) is 21.5 Å². The lowest BCUT2D eigenvalue weighted by Gasteiger charge is -2.32. The third-order valence-electron chi connectivity index (χ3n) is 7.12. The largest absolute Gasteiger partial charge is 0.456 e. The molecule has 11 heteroatoms. The van der Waals surface area contributed by atoms with Gasteiger partial charge in [0.05, 0.1) is 21.2 Å². The van der Waals surface area contributed by atoms with Crippen LogP contribution in [-0.4, -0.2) is 57.4 Å². The maximum Gasteiger partial charge on any atom is 0.261 e. The molecule has 0 saturated carbocycles. The van der Waals surface area contributed by atoms with Gasteiger partial charge in [0.15, 0.2) is 0 Å². The minimum absolute atomic E-state index is 0.00233. The number of carbonyl (C=O) groups is 1. The van der Waals surface area contributed by atoms with E-state index in [9.17, 15) is 13.2 Å². The highest BCUT2D eigenvalue weighted by Gasteiger charge is 2.20. The maximum atomic E-state index is 13.2. The van der Waals surface area contributed by atoms with Gasteiger partial charge in [-0.15, -0.1) is 0 Å². The summed E-state index contributed by atoms with van der Waals surface area (Å²) in [5, 5.41) is 3.65. The number of hydrogen-bond acceptors (Lipinski definition) is 6. The Kier molecular flexibility index (Phi) is 9.90. The summed E-state index contributed by atoms with van der Waals surface area (Å²) in [7, 11) is -1.90. The number of nitrogens with one attached hydrogen (secondary N) is 2. The zero-order valence-electron chi connectivity index (χ0n) is 23.6. The smallest absolute Gasteiger partial charge is 0.261 e. The zero-order valence-corrected chi connectivity index (χ0v) is 25.9.